The van der Waals surface area contributed by atoms with Gasteiger partial charge in [-0.25, -0.2) is 4.79 Å². The summed E-state index contributed by atoms with van der Waals surface area (Å²) in [6, 6.07) is 9.08. The zero-order valence-corrected chi connectivity index (χ0v) is 18.2. The van der Waals surface area contributed by atoms with Crippen LogP contribution in [0.3, 0.4) is 0 Å². The minimum absolute atomic E-state index is 0.195. The van der Waals surface area contributed by atoms with Crippen molar-refractivity contribution in [3.05, 3.63) is 69.9 Å². The average Bonchev–Trinajstić information content (AvgIpc) is 3.47. The normalized spacial score (nSPS) is 13.3. The van der Waals surface area contributed by atoms with Crippen molar-refractivity contribution in [1.82, 2.24) is 9.72 Å². The molecule has 0 aliphatic heterocycles. The van der Waals surface area contributed by atoms with Crippen molar-refractivity contribution in [1.29, 1.82) is 0 Å². The molecule has 7 nitrogen and oxygen atoms in total. The van der Waals surface area contributed by atoms with Gasteiger partial charge in [0.15, 0.2) is 6.61 Å². The monoisotopic (exact) mass is 422 g/mol. The Morgan fingerprint density at radius 2 is 1.94 bits per heavy atom. The van der Waals surface area contributed by atoms with Gasteiger partial charge in [0.1, 0.15) is 18.1 Å². The molecule has 162 valence electrons. The summed E-state index contributed by atoms with van der Waals surface area (Å²) in [6.07, 6.45) is 2.29. The first-order valence-electron chi connectivity index (χ1n) is 10.4. The van der Waals surface area contributed by atoms with E-state index in [1.165, 1.54) is 0 Å². The van der Waals surface area contributed by atoms with Gasteiger partial charge in [-0.15, -0.1) is 0 Å². The zero-order valence-electron chi connectivity index (χ0n) is 18.2. The van der Waals surface area contributed by atoms with E-state index in [2.05, 4.69) is 9.72 Å². The van der Waals surface area contributed by atoms with E-state index in [1.807, 2.05) is 33.8 Å². The van der Waals surface area contributed by atoms with Gasteiger partial charge in [-0.2, -0.15) is 0 Å². The van der Waals surface area contributed by atoms with Gasteiger partial charge in [-0.3, -0.25) is 4.79 Å². The Labute approximate surface area is 180 Å². The number of Topliss-reactive ketones (excluding diaryl/α,β-unsaturated/α-hetero) is 1. The van der Waals surface area contributed by atoms with Gasteiger partial charge in [-0.1, -0.05) is 11.2 Å². The molecule has 0 unspecified atom stereocenters. The van der Waals surface area contributed by atoms with Crippen molar-refractivity contribution < 1.29 is 23.6 Å². The SMILES string of the molecule is Cc1noc(C)c1COc1cccc(C(=O)OCC(=O)c2cc(C)n(C3CC3)c2C)c1. The molecule has 0 amide bonds. The van der Waals surface area contributed by atoms with Crippen LogP contribution in [0.15, 0.2) is 34.9 Å². The molecule has 0 N–H and O–H groups in total. The summed E-state index contributed by atoms with van der Waals surface area (Å²) in [5, 5.41) is 3.90. The second-order valence-corrected chi connectivity index (χ2v) is 8.00. The van der Waals surface area contributed by atoms with E-state index in [4.69, 9.17) is 14.0 Å². The largest absolute Gasteiger partial charge is 0.489 e. The molecular weight excluding hydrogens is 396 g/mol. The summed E-state index contributed by atoms with van der Waals surface area (Å²) in [5.74, 6) is 0.465. The Morgan fingerprint density at radius 1 is 1.16 bits per heavy atom. The number of ketones is 1. The van der Waals surface area contributed by atoms with Gasteiger partial charge >= 0.3 is 5.97 Å². The van der Waals surface area contributed by atoms with Gasteiger partial charge in [0.05, 0.1) is 16.8 Å². The summed E-state index contributed by atoms with van der Waals surface area (Å²) >= 11 is 0. The molecule has 0 bridgehead atoms. The number of carbonyl (C=O) groups excluding carboxylic acids is 2. The summed E-state index contributed by atoms with van der Waals surface area (Å²) in [7, 11) is 0. The third-order valence-electron chi connectivity index (χ3n) is 5.67. The number of nitrogens with zero attached hydrogens (tertiary/aromatic N) is 2. The van der Waals surface area contributed by atoms with Crippen LogP contribution in [-0.2, 0) is 11.3 Å². The lowest BCUT2D eigenvalue weighted by Crippen LogP contribution is -2.15. The minimum Gasteiger partial charge on any atom is -0.489 e. The Hall–Kier alpha value is -3.35. The fraction of sp³-hybridized carbons (Fsp3) is 0.375. The Bertz CT molecular complexity index is 1120. The van der Waals surface area contributed by atoms with Gasteiger partial charge in [0, 0.05) is 23.0 Å². The lowest BCUT2D eigenvalue weighted by molar-refractivity contribution is 0.0474. The van der Waals surface area contributed by atoms with E-state index in [0.29, 0.717) is 28.7 Å². The number of aromatic nitrogens is 2. The molecule has 2 heterocycles. The highest BCUT2D eigenvalue weighted by atomic mass is 16.5. The van der Waals surface area contributed by atoms with Crippen LogP contribution in [0.5, 0.6) is 5.75 Å². The van der Waals surface area contributed by atoms with Crippen LogP contribution >= 0.6 is 0 Å². The average molecular weight is 422 g/mol. The van der Waals surface area contributed by atoms with Crippen LogP contribution in [0, 0.1) is 27.7 Å². The first kappa shape index (κ1) is 20.9. The summed E-state index contributed by atoms with van der Waals surface area (Å²) in [6.45, 7) is 7.61. The smallest absolute Gasteiger partial charge is 0.338 e. The number of benzene rings is 1. The van der Waals surface area contributed by atoms with Crippen molar-refractivity contribution in [2.75, 3.05) is 6.61 Å². The number of ether oxygens (including phenoxy) is 2. The standard InChI is InChI=1S/C24H26N2O5/c1-14-10-21(16(3)26(14)19-8-9-19)23(27)13-30-24(28)18-6-5-7-20(11-18)29-12-22-15(2)25-31-17(22)4/h5-7,10-11,19H,8-9,12-13H2,1-4H3. The Balaban J connectivity index is 1.37. The van der Waals surface area contributed by atoms with E-state index in [9.17, 15) is 9.59 Å². The van der Waals surface area contributed by atoms with E-state index >= 15 is 0 Å². The molecule has 3 aromatic rings. The highest BCUT2D eigenvalue weighted by molar-refractivity contribution is 6.00. The molecule has 1 fully saturated rings. The maximum atomic E-state index is 12.6. The predicted molar refractivity (Wildman–Crippen MR) is 114 cm³/mol. The van der Waals surface area contributed by atoms with Gasteiger partial charge in [0.2, 0.25) is 5.78 Å². The number of carbonyl (C=O) groups is 2. The molecule has 7 heteroatoms. The topological polar surface area (TPSA) is 83.6 Å². The van der Waals surface area contributed by atoms with E-state index in [1.54, 1.807) is 24.3 Å². The zero-order chi connectivity index (χ0) is 22.1. The summed E-state index contributed by atoms with van der Waals surface area (Å²) in [4.78, 5) is 25.1. The van der Waals surface area contributed by atoms with E-state index < -0.39 is 5.97 Å². The molecule has 1 saturated carbocycles. The van der Waals surface area contributed by atoms with Crippen molar-refractivity contribution in [3.63, 3.8) is 0 Å². The Morgan fingerprint density at radius 3 is 2.61 bits per heavy atom. The minimum atomic E-state index is -0.563. The lowest BCUT2D eigenvalue weighted by atomic mass is 10.1. The molecular formula is C24H26N2O5. The molecule has 31 heavy (non-hydrogen) atoms. The summed E-state index contributed by atoms with van der Waals surface area (Å²) in [5.41, 5.74) is 4.60. The third kappa shape index (κ3) is 4.40. The molecule has 0 atom stereocenters. The molecule has 2 aromatic heterocycles. The second-order valence-electron chi connectivity index (χ2n) is 8.00. The lowest BCUT2D eigenvalue weighted by Gasteiger charge is -2.09. The number of rotatable bonds is 8. The van der Waals surface area contributed by atoms with Crippen LogP contribution in [-0.4, -0.2) is 28.1 Å². The van der Waals surface area contributed by atoms with Crippen LogP contribution in [0.2, 0.25) is 0 Å². The predicted octanol–water partition coefficient (Wildman–Crippen LogP) is 4.66. The van der Waals surface area contributed by atoms with Crippen molar-refractivity contribution in [2.45, 2.75) is 53.2 Å². The third-order valence-corrected chi connectivity index (χ3v) is 5.67. The van der Waals surface area contributed by atoms with Crippen molar-refractivity contribution in [3.8, 4) is 5.75 Å². The van der Waals surface area contributed by atoms with Crippen LogP contribution < -0.4 is 4.74 Å². The van der Waals surface area contributed by atoms with Crippen molar-refractivity contribution >= 4 is 11.8 Å². The van der Waals surface area contributed by atoms with Crippen LogP contribution in [0.4, 0.5) is 0 Å². The highest BCUT2D eigenvalue weighted by Crippen LogP contribution is 2.38. The molecule has 0 spiro atoms. The van der Waals surface area contributed by atoms with Crippen LogP contribution in [0.1, 0.15) is 68.0 Å². The summed E-state index contributed by atoms with van der Waals surface area (Å²) < 4.78 is 18.4. The first-order valence-corrected chi connectivity index (χ1v) is 10.4. The fourth-order valence-corrected chi connectivity index (χ4v) is 3.82. The molecule has 0 saturated heterocycles. The fourth-order valence-electron chi connectivity index (χ4n) is 3.82. The van der Waals surface area contributed by atoms with E-state index in [0.717, 1.165) is 35.5 Å². The number of aryl methyl sites for hydroxylation is 3. The first-order chi connectivity index (χ1) is 14.8. The van der Waals surface area contributed by atoms with Gasteiger partial charge < -0.3 is 18.6 Å². The van der Waals surface area contributed by atoms with Gasteiger partial charge in [0.25, 0.3) is 0 Å². The van der Waals surface area contributed by atoms with Gasteiger partial charge in [-0.05, 0) is 64.8 Å². The van der Waals surface area contributed by atoms with Crippen LogP contribution in [0.25, 0.3) is 0 Å². The number of esters is 1. The van der Waals surface area contributed by atoms with E-state index in [-0.39, 0.29) is 19.0 Å². The maximum absolute atomic E-state index is 12.6. The molecule has 1 aliphatic rings. The quantitative estimate of drug-likeness (QED) is 0.388. The number of hydrogen-bond acceptors (Lipinski definition) is 6. The Kier molecular flexibility index (Phi) is 5.67. The molecule has 0 radical (unpaired) electrons. The molecule has 1 aliphatic carbocycles. The molecule has 1 aromatic carbocycles. The molecule has 4 rings (SSSR count). The maximum Gasteiger partial charge on any atom is 0.338 e. The highest BCUT2D eigenvalue weighted by Gasteiger charge is 2.28. The second kappa shape index (κ2) is 8.41. The van der Waals surface area contributed by atoms with Crippen molar-refractivity contribution in [2.24, 2.45) is 0 Å². The number of hydrogen-bond donors (Lipinski definition) is 0.